The molecule has 4 nitrogen and oxygen atoms in total. The maximum absolute atomic E-state index is 8.74. The molecule has 0 aromatic carbocycles. The summed E-state index contributed by atoms with van der Waals surface area (Å²) >= 11 is 0. The Morgan fingerprint density at radius 1 is 1.12 bits per heavy atom. The van der Waals surface area contributed by atoms with Gasteiger partial charge in [-0.2, -0.15) is 8.42 Å². The van der Waals surface area contributed by atoms with E-state index >= 15 is 0 Å². The van der Waals surface area contributed by atoms with Gasteiger partial charge in [0.1, 0.15) is 0 Å². The minimum Gasteiger partial charge on any atom is 0 e. The van der Waals surface area contributed by atoms with Crippen LogP contribution in [0.5, 0.6) is 0 Å². The summed E-state index contributed by atoms with van der Waals surface area (Å²) in [5.41, 5.74) is 0. The van der Waals surface area contributed by atoms with Gasteiger partial charge in [-0.15, -0.1) is 0 Å². The van der Waals surface area contributed by atoms with E-state index in [9.17, 15) is 0 Å². The van der Waals surface area contributed by atoms with E-state index < -0.39 is 10.4 Å². The van der Waals surface area contributed by atoms with Gasteiger partial charge in [0.2, 0.25) is 0 Å². The summed E-state index contributed by atoms with van der Waals surface area (Å²) in [7, 11) is -4.67. The molecule has 0 unspecified atom stereocenters. The third-order valence-corrected chi connectivity index (χ3v) is 0. The zero-order chi connectivity index (χ0) is 4.50. The summed E-state index contributed by atoms with van der Waals surface area (Å²) in [5, 5.41) is 0. The van der Waals surface area contributed by atoms with E-state index in [1.54, 1.807) is 0 Å². The van der Waals surface area contributed by atoms with Crippen LogP contribution in [0.4, 0.5) is 0 Å². The van der Waals surface area contributed by atoms with Crippen LogP contribution in [0.15, 0.2) is 0 Å². The molecule has 0 fully saturated rings. The van der Waals surface area contributed by atoms with Crippen molar-refractivity contribution in [2.24, 2.45) is 0 Å². The summed E-state index contributed by atoms with van der Waals surface area (Å²) in [6.45, 7) is 0. The molecular weight excluding hydrogens is 177 g/mol. The molecule has 0 aromatic heterocycles. The van der Waals surface area contributed by atoms with Crippen LogP contribution in [0.1, 0.15) is 0 Å². The monoisotopic (exact) mass is 181 g/mol. The Morgan fingerprint density at radius 3 is 1.12 bits per heavy atom. The molecular formula is H4LiNaO4SV. The van der Waals surface area contributed by atoms with Crippen molar-refractivity contribution in [3.05, 3.63) is 0 Å². The molecule has 0 aromatic rings. The van der Waals surface area contributed by atoms with E-state index in [0.717, 1.165) is 0 Å². The SMILES string of the molecule is O=S(=O)(O)O.[LiH].[NaH].[V]. The van der Waals surface area contributed by atoms with Crippen LogP contribution < -0.4 is 0 Å². The van der Waals surface area contributed by atoms with Gasteiger partial charge in [0.15, 0.2) is 0 Å². The van der Waals surface area contributed by atoms with Crippen molar-refractivity contribution in [3.63, 3.8) is 0 Å². The molecule has 0 aliphatic heterocycles. The summed E-state index contributed by atoms with van der Waals surface area (Å²) < 4.78 is 31.6. The van der Waals surface area contributed by atoms with Crippen molar-refractivity contribution in [3.8, 4) is 0 Å². The average molecular weight is 181 g/mol. The Labute approximate surface area is 93.7 Å². The van der Waals surface area contributed by atoms with Gasteiger partial charge in [0.25, 0.3) is 0 Å². The van der Waals surface area contributed by atoms with Crippen molar-refractivity contribution < 1.29 is 36.1 Å². The van der Waals surface area contributed by atoms with E-state index in [1.165, 1.54) is 0 Å². The number of hydrogen-bond donors (Lipinski definition) is 2. The molecule has 0 aliphatic carbocycles. The van der Waals surface area contributed by atoms with E-state index in [4.69, 9.17) is 17.5 Å². The summed E-state index contributed by atoms with van der Waals surface area (Å²) in [6, 6.07) is 0. The fourth-order valence-electron chi connectivity index (χ4n) is 0. The Balaban J connectivity index is -0.0000000267. The van der Waals surface area contributed by atoms with Crippen molar-refractivity contribution in [1.82, 2.24) is 0 Å². The Bertz CT molecular complexity index is 99.2. The molecule has 0 saturated heterocycles. The predicted molar refractivity (Wildman–Crippen MR) is 28.5 cm³/mol. The molecule has 2 N–H and O–H groups in total. The van der Waals surface area contributed by atoms with E-state index in [2.05, 4.69) is 0 Å². The van der Waals surface area contributed by atoms with Gasteiger partial charge in [-0.25, -0.2) is 0 Å². The maximum atomic E-state index is 8.74. The molecule has 41 valence electrons. The Morgan fingerprint density at radius 2 is 1.12 bits per heavy atom. The van der Waals surface area contributed by atoms with Crippen LogP contribution in [0, 0.1) is 0 Å². The zero-order valence-electron chi connectivity index (χ0n) is 2.57. The van der Waals surface area contributed by atoms with Gasteiger partial charge in [0, 0.05) is 18.6 Å². The molecule has 1 radical (unpaired) electrons. The third-order valence-electron chi connectivity index (χ3n) is 0. The molecule has 8 heavy (non-hydrogen) atoms. The van der Waals surface area contributed by atoms with Gasteiger partial charge in [-0.3, -0.25) is 9.11 Å². The van der Waals surface area contributed by atoms with E-state index in [1.807, 2.05) is 0 Å². The molecule has 0 aliphatic rings. The van der Waals surface area contributed by atoms with Gasteiger partial charge in [-0.1, -0.05) is 0 Å². The molecule has 0 spiro atoms. The molecule has 0 heterocycles. The van der Waals surface area contributed by atoms with Crippen LogP contribution in [0.25, 0.3) is 0 Å². The van der Waals surface area contributed by atoms with Crippen LogP contribution >= 0.6 is 0 Å². The van der Waals surface area contributed by atoms with E-state index in [0.29, 0.717) is 0 Å². The standard InChI is InChI=1S/Li.Na.H2O4S.V.2H/c;;1-5(2,3)4;;;/h;;(H2,1,2,3,4);;;. The zero-order valence-corrected chi connectivity index (χ0v) is 4.78. The van der Waals surface area contributed by atoms with Crippen LogP contribution in [-0.2, 0) is 29.0 Å². The first-order chi connectivity index (χ1) is 2.00. The molecule has 0 saturated carbocycles. The first-order valence-corrected chi connectivity index (χ1v) is 2.10. The smallest absolute Gasteiger partial charge is 0 e. The van der Waals surface area contributed by atoms with Gasteiger partial charge in [-0.05, 0) is 0 Å². The molecule has 8 heteroatoms. The largest absolute Gasteiger partial charge is 0 e. The van der Waals surface area contributed by atoms with Gasteiger partial charge < -0.3 is 0 Å². The molecule has 0 bridgehead atoms. The normalized spacial score (nSPS) is 7.25. The van der Waals surface area contributed by atoms with Gasteiger partial charge in [0.05, 0.1) is 0 Å². The second-order valence-corrected chi connectivity index (χ2v) is 1.34. The Hall–Kier alpha value is 2.05. The summed E-state index contributed by atoms with van der Waals surface area (Å²) in [4.78, 5) is 0. The van der Waals surface area contributed by atoms with Crippen molar-refractivity contribution >= 4 is 58.8 Å². The van der Waals surface area contributed by atoms with Crippen molar-refractivity contribution in [2.75, 3.05) is 0 Å². The minimum absolute atomic E-state index is 0. The fourth-order valence-corrected chi connectivity index (χ4v) is 0. The maximum Gasteiger partial charge on any atom is 0 e. The first-order valence-electron chi connectivity index (χ1n) is 0.698. The minimum atomic E-state index is -4.67. The van der Waals surface area contributed by atoms with Crippen molar-refractivity contribution in [2.45, 2.75) is 0 Å². The van der Waals surface area contributed by atoms with Crippen LogP contribution in [0.2, 0.25) is 0 Å². The summed E-state index contributed by atoms with van der Waals surface area (Å²) in [5.74, 6) is 0. The second kappa shape index (κ2) is 9.05. The number of rotatable bonds is 0. The van der Waals surface area contributed by atoms with E-state index in [-0.39, 0.29) is 67.0 Å². The third kappa shape index (κ3) is 95.1. The van der Waals surface area contributed by atoms with Gasteiger partial charge >= 0.3 is 58.8 Å². The molecule has 0 atom stereocenters. The molecule has 0 amide bonds. The Kier molecular flexibility index (Phi) is 25.4. The molecule has 0 rings (SSSR count). The fraction of sp³-hybridized carbons (Fsp3) is 0. The average Bonchev–Trinajstić information content (AvgIpc) is 0.722. The first kappa shape index (κ1) is 22.5. The van der Waals surface area contributed by atoms with Crippen molar-refractivity contribution in [1.29, 1.82) is 0 Å². The number of hydrogen-bond acceptors (Lipinski definition) is 2. The van der Waals surface area contributed by atoms with Crippen LogP contribution in [0.3, 0.4) is 0 Å². The van der Waals surface area contributed by atoms with Crippen LogP contribution in [-0.4, -0.2) is 65.9 Å². The quantitative estimate of drug-likeness (QED) is 0.336. The summed E-state index contributed by atoms with van der Waals surface area (Å²) in [6.07, 6.45) is 0. The predicted octanol–water partition coefficient (Wildman–Crippen LogP) is -1.95. The second-order valence-electron chi connectivity index (χ2n) is 0.448. The topological polar surface area (TPSA) is 74.6 Å².